The van der Waals surface area contributed by atoms with E-state index < -0.39 is 0 Å². The quantitative estimate of drug-likeness (QED) is 0.804. The minimum Gasteiger partial charge on any atom is -0.393 e. The van der Waals surface area contributed by atoms with E-state index in [0.29, 0.717) is 0 Å². The highest BCUT2D eigenvalue weighted by molar-refractivity contribution is 5.79. The van der Waals surface area contributed by atoms with Gasteiger partial charge in [0.25, 0.3) is 0 Å². The number of benzene rings is 2. The van der Waals surface area contributed by atoms with Crippen molar-refractivity contribution in [1.29, 1.82) is 0 Å². The summed E-state index contributed by atoms with van der Waals surface area (Å²) >= 11 is 0. The van der Waals surface area contributed by atoms with E-state index in [2.05, 4.69) is 58.9 Å². The predicted octanol–water partition coefficient (Wildman–Crippen LogP) is 3.35. The van der Waals surface area contributed by atoms with Crippen molar-refractivity contribution >= 4 is 17.0 Å². The van der Waals surface area contributed by atoms with Crippen LogP contribution in [0.2, 0.25) is 0 Å². The first-order valence-corrected chi connectivity index (χ1v) is 8.64. The predicted molar refractivity (Wildman–Crippen MR) is 97.5 cm³/mol. The average molecular weight is 321 g/mol. The third-order valence-corrected chi connectivity index (χ3v) is 4.84. The lowest BCUT2D eigenvalue weighted by Crippen LogP contribution is -2.37. The molecule has 1 aliphatic rings. The van der Waals surface area contributed by atoms with Crippen molar-refractivity contribution in [3.8, 4) is 0 Å². The summed E-state index contributed by atoms with van der Waals surface area (Å²) in [6, 6.07) is 17.0. The first-order chi connectivity index (χ1) is 11.7. The number of fused-ring (bicyclic) bond motifs is 1. The van der Waals surface area contributed by atoms with Crippen molar-refractivity contribution in [3.05, 3.63) is 59.7 Å². The van der Waals surface area contributed by atoms with E-state index in [1.54, 1.807) is 0 Å². The number of imidazole rings is 1. The van der Waals surface area contributed by atoms with Gasteiger partial charge in [0, 0.05) is 13.1 Å². The highest BCUT2D eigenvalue weighted by atomic mass is 16.3. The number of nitrogens with zero attached hydrogens (tertiary/aromatic N) is 3. The smallest absolute Gasteiger partial charge is 0.206 e. The molecule has 0 atom stereocenters. The monoisotopic (exact) mass is 321 g/mol. The standard InChI is InChI=1S/C20H23N3O/c1-15-6-8-16(9-7-15)14-23-19-5-3-2-4-18(19)21-20(23)22-12-10-17(24)11-13-22/h2-9,17,24H,10-14H2,1H3. The van der Waals surface area contributed by atoms with Crippen LogP contribution in [0.5, 0.6) is 0 Å². The number of hydrogen-bond acceptors (Lipinski definition) is 3. The molecule has 24 heavy (non-hydrogen) atoms. The van der Waals surface area contributed by atoms with Gasteiger partial charge in [-0.2, -0.15) is 0 Å². The zero-order valence-corrected chi connectivity index (χ0v) is 14.0. The minimum absolute atomic E-state index is 0.170. The summed E-state index contributed by atoms with van der Waals surface area (Å²) in [5, 5.41) is 9.79. The Labute approximate surface area is 142 Å². The first kappa shape index (κ1) is 15.2. The maximum atomic E-state index is 9.79. The van der Waals surface area contributed by atoms with E-state index in [-0.39, 0.29) is 6.10 Å². The second kappa shape index (κ2) is 6.29. The van der Waals surface area contributed by atoms with Gasteiger partial charge in [0.15, 0.2) is 0 Å². The number of rotatable bonds is 3. The van der Waals surface area contributed by atoms with Crippen LogP contribution in [0.1, 0.15) is 24.0 Å². The van der Waals surface area contributed by atoms with Crippen LogP contribution < -0.4 is 4.90 Å². The molecule has 0 amide bonds. The molecule has 2 aromatic carbocycles. The molecule has 1 N–H and O–H groups in total. The fraction of sp³-hybridized carbons (Fsp3) is 0.350. The van der Waals surface area contributed by atoms with Crippen molar-refractivity contribution < 1.29 is 5.11 Å². The molecule has 1 aromatic heterocycles. The molecule has 1 aliphatic heterocycles. The van der Waals surface area contributed by atoms with Gasteiger partial charge in [-0.3, -0.25) is 0 Å². The van der Waals surface area contributed by atoms with Crippen molar-refractivity contribution in [2.75, 3.05) is 18.0 Å². The molecule has 0 radical (unpaired) electrons. The summed E-state index contributed by atoms with van der Waals surface area (Å²) in [6.07, 6.45) is 1.46. The molecule has 4 rings (SSSR count). The third kappa shape index (κ3) is 2.89. The largest absolute Gasteiger partial charge is 0.393 e. The van der Waals surface area contributed by atoms with Crippen LogP contribution in [0, 0.1) is 6.92 Å². The number of aryl methyl sites for hydroxylation is 1. The zero-order valence-electron chi connectivity index (χ0n) is 14.0. The van der Waals surface area contributed by atoms with E-state index in [0.717, 1.165) is 43.9 Å². The lowest BCUT2D eigenvalue weighted by molar-refractivity contribution is 0.145. The Kier molecular flexibility index (Phi) is 3.98. The van der Waals surface area contributed by atoms with Gasteiger partial charge in [-0.05, 0) is 37.5 Å². The zero-order chi connectivity index (χ0) is 16.5. The number of aliphatic hydroxyl groups excluding tert-OH is 1. The van der Waals surface area contributed by atoms with Crippen molar-refractivity contribution in [3.63, 3.8) is 0 Å². The SMILES string of the molecule is Cc1ccc(Cn2c(N3CCC(O)CC3)nc3ccccc32)cc1. The molecule has 1 fully saturated rings. The van der Waals surface area contributed by atoms with Crippen LogP contribution in [0.15, 0.2) is 48.5 Å². The van der Waals surface area contributed by atoms with E-state index in [4.69, 9.17) is 4.98 Å². The fourth-order valence-corrected chi connectivity index (χ4v) is 3.40. The van der Waals surface area contributed by atoms with E-state index in [9.17, 15) is 5.11 Å². The van der Waals surface area contributed by atoms with Gasteiger partial charge in [0.1, 0.15) is 0 Å². The molecule has 4 heteroatoms. The van der Waals surface area contributed by atoms with Gasteiger partial charge < -0.3 is 14.6 Å². The van der Waals surface area contributed by atoms with E-state index in [1.165, 1.54) is 16.6 Å². The van der Waals surface area contributed by atoms with Gasteiger partial charge >= 0.3 is 0 Å². The molecule has 0 saturated carbocycles. The summed E-state index contributed by atoms with van der Waals surface area (Å²) in [6.45, 7) is 4.65. The van der Waals surface area contributed by atoms with E-state index >= 15 is 0 Å². The molecule has 124 valence electrons. The maximum absolute atomic E-state index is 9.79. The van der Waals surface area contributed by atoms with Crippen LogP contribution >= 0.6 is 0 Å². The van der Waals surface area contributed by atoms with Crippen molar-refractivity contribution in [2.45, 2.75) is 32.4 Å². The Morgan fingerprint density at radius 2 is 1.75 bits per heavy atom. The second-order valence-electron chi connectivity index (χ2n) is 6.69. The molecular weight excluding hydrogens is 298 g/mol. The number of anilines is 1. The Morgan fingerprint density at radius 3 is 2.50 bits per heavy atom. The molecule has 3 aromatic rings. The molecule has 0 spiro atoms. The molecular formula is C20H23N3O. The number of para-hydroxylation sites is 2. The normalized spacial score (nSPS) is 16.0. The lowest BCUT2D eigenvalue weighted by Gasteiger charge is -2.30. The number of piperidine rings is 1. The molecule has 1 saturated heterocycles. The Balaban J connectivity index is 1.74. The van der Waals surface area contributed by atoms with Crippen LogP contribution in [0.4, 0.5) is 5.95 Å². The topological polar surface area (TPSA) is 41.3 Å². The first-order valence-electron chi connectivity index (χ1n) is 8.64. The molecule has 4 nitrogen and oxygen atoms in total. The highest BCUT2D eigenvalue weighted by Gasteiger charge is 2.22. The summed E-state index contributed by atoms with van der Waals surface area (Å²) < 4.78 is 2.30. The Morgan fingerprint density at radius 1 is 1.04 bits per heavy atom. The average Bonchev–Trinajstić information content (AvgIpc) is 2.96. The third-order valence-electron chi connectivity index (χ3n) is 4.84. The van der Waals surface area contributed by atoms with Crippen LogP contribution in [0.3, 0.4) is 0 Å². The van der Waals surface area contributed by atoms with Crippen molar-refractivity contribution in [1.82, 2.24) is 9.55 Å². The van der Waals surface area contributed by atoms with Gasteiger partial charge in [0.2, 0.25) is 5.95 Å². The van der Waals surface area contributed by atoms with Crippen LogP contribution in [-0.2, 0) is 6.54 Å². The Hall–Kier alpha value is -2.33. The van der Waals surface area contributed by atoms with Gasteiger partial charge in [0.05, 0.1) is 23.7 Å². The molecule has 0 aliphatic carbocycles. The number of aromatic nitrogens is 2. The highest BCUT2D eigenvalue weighted by Crippen LogP contribution is 2.26. The summed E-state index contributed by atoms with van der Waals surface area (Å²) in [7, 11) is 0. The summed E-state index contributed by atoms with van der Waals surface area (Å²) in [5.41, 5.74) is 4.76. The van der Waals surface area contributed by atoms with Crippen LogP contribution in [0.25, 0.3) is 11.0 Å². The van der Waals surface area contributed by atoms with Crippen molar-refractivity contribution in [2.24, 2.45) is 0 Å². The maximum Gasteiger partial charge on any atom is 0.206 e. The van der Waals surface area contributed by atoms with Gasteiger partial charge in [-0.1, -0.05) is 42.0 Å². The lowest BCUT2D eigenvalue weighted by atomic mass is 10.1. The number of hydrogen-bond donors (Lipinski definition) is 1. The van der Waals surface area contributed by atoms with E-state index in [1.807, 2.05) is 6.07 Å². The summed E-state index contributed by atoms with van der Waals surface area (Å²) in [4.78, 5) is 7.19. The van der Waals surface area contributed by atoms with Gasteiger partial charge in [-0.25, -0.2) is 4.98 Å². The minimum atomic E-state index is -0.170. The summed E-state index contributed by atoms with van der Waals surface area (Å²) in [5.74, 6) is 1.02. The molecule has 0 bridgehead atoms. The van der Waals surface area contributed by atoms with Crippen LogP contribution in [-0.4, -0.2) is 33.9 Å². The number of aliphatic hydroxyl groups is 1. The molecule has 0 unspecified atom stereocenters. The Bertz CT molecular complexity index is 830. The second-order valence-corrected chi connectivity index (χ2v) is 6.69. The fourth-order valence-electron chi connectivity index (χ4n) is 3.40. The molecule has 2 heterocycles. The van der Waals surface area contributed by atoms with Gasteiger partial charge in [-0.15, -0.1) is 0 Å².